The second-order valence-corrected chi connectivity index (χ2v) is 4.02. The van der Waals surface area contributed by atoms with Gasteiger partial charge in [0.1, 0.15) is 0 Å². The Hall–Kier alpha value is -0.200. The van der Waals surface area contributed by atoms with Gasteiger partial charge in [0.25, 0.3) is 0 Å². The number of rotatable bonds is 2. The molecule has 0 bridgehead atoms. The maximum Gasteiger partial charge on any atom is 0.0804 e. The van der Waals surface area contributed by atoms with Crippen molar-refractivity contribution in [3.8, 4) is 0 Å². The smallest absolute Gasteiger partial charge is 0.0804 e. The molecule has 2 aliphatic rings. The van der Waals surface area contributed by atoms with Gasteiger partial charge in [-0.05, 0) is 0 Å². The van der Waals surface area contributed by atoms with E-state index in [9.17, 15) is 5.11 Å². The van der Waals surface area contributed by atoms with E-state index in [2.05, 4.69) is 4.90 Å². The molecule has 0 aromatic rings. The Balaban J connectivity index is 2.14. The number of ether oxygens (including phenoxy) is 2. The van der Waals surface area contributed by atoms with Crippen LogP contribution in [0.2, 0.25) is 0 Å². The van der Waals surface area contributed by atoms with E-state index in [0.29, 0.717) is 26.4 Å². The van der Waals surface area contributed by atoms with Crippen molar-refractivity contribution in [2.45, 2.75) is 11.6 Å². The molecule has 5 nitrogen and oxygen atoms in total. The van der Waals surface area contributed by atoms with Crippen LogP contribution in [-0.2, 0) is 9.47 Å². The van der Waals surface area contributed by atoms with E-state index in [4.69, 9.17) is 15.2 Å². The summed E-state index contributed by atoms with van der Waals surface area (Å²) < 4.78 is 10.9. The van der Waals surface area contributed by atoms with Crippen LogP contribution >= 0.6 is 0 Å². The summed E-state index contributed by atoms with van der Waals surface area (Å²) in [7, 11) is 0. The number of aliphatic hydroxyl groups excluding tert-OH is 1. The van der Waals surface area contributed by atoms with Crippen molar-refractivity contribution in [1.82, 2.24) is 4.90 Å². The molecule has 0 aliphatic carbocycles. The third kappa shape index (κ3) is 1.55. The maximum atomic E-state index is 9.44. The van der Waals surface area contributed by atoms with Crippen molar-refractivity contribution in [1.29, 1.82) is 0 Å². The molecule has 2 aliphatic heterocycles. The molecule has 2 unspecified atom stereocenters. The normalized spacial score (nSPS) is 39.4. The van der Waals surface area contributed by atoms with Gasteiger partial charge in [0.2, 0.25) is 0 Å². The van der Waals surface area contributed by atoms with Gasteiger partial charge < -0.3 is 20.3 Å². The van der Waals surface area contributed by atoms with Crippen molar-refractivity contribution in [3.05, 3.63) is 0 Å². The fourth-order valence-corrected chi connectivity index (χ4v) is 2.26. The van der Waals surface area contributed by atoms with Gasteiger partial charge in [-0.3, -0.25) is 4.90 Å². The first-order valence-corrected chi connectivity index (χ1v) is 5.05. The van der Waals surface area contributed by atoms with Gasteiger partial charge in [0.15, 0.2) is 0 Å². The molecule has 2 fully saturated rings. The predicted molar refractivity (Wildman–Crippen MR) is 51.0 cm³/mol. The molecule has 3 N–H and O–H groups in total. The van der Waals surface area contributed by atoms with Crippen LogP contribution in [0.4, 0.5) is 0 Å². The minimum absolute atomic E-state index is 0.0556. The number of nitrogens with two attached hydrogens (primary N) is 1. The third-order valence-corrected chi connectivity index (χ3v) is 3.19. The lowest BCUT2D eigenvalue weighted by atomic mass is 9.94. The lowest BCUT2D eigenvalue weighted by Crippen LogP contribution is -2.69. The molecule has 2 saturated heterocycles. The van der Waals surface area contributed by atoms with E-state index in [1.54, 1.807) is 0 Å². The van der Waals surface area contributed by atoms with Crippen LogP contribution in [0.25, 0.3) is 0 Å². The molecule has 2 rings (SSSR count). The fourth-order valence-electron chi connectivity index (χ4n) is 2.26. The average Bonchev–Trinajstić information content (AvgIpc) is 2.28. The molecule has 82 valence electrons. The highest BCUT2D eigenvalue weighted by Crippen LogP contribution is 2.25. The number of morpholine rings is 2. The monoisotopic (exact) mass is 202 g/mol. The molecule has 0 aromatic carbocycles. The zero-order valence-electron chi connectivity index (χ0n) is 8.32. The SMILES string of the molecule is NCC1(CO)COCC2COCCN21. The van der Waals surface area contributed by atoms with Crippen LogP contribution in [0.1, 0.15) is 0 Å². The van der Waals surface area contributed by atoms with E-state index in [-0.39, 0.29) is 18.2 Å². The Morgan fingerprint density at radius 3 is 2.93 bits per heavy atom. The van der Waals surface area contributed by atoms with Crippen LogP contribution < -0.4 is 5.73 Å². The summed E-state index contributed by atoms with van der Waals surface area (Å²) in [6, 6.07) is 0.258. The topological polar surface area (TPSA) is 68.0 Å². The minimum Gasteiger partial charge on any atom is -0.394 e. The molecule has 0 spiro atoms. The summed E-state index contributed by atoms with van der Waals surface area (Å²) in [5.41, 5.74) is 5.35. The van der Waals surface area contributed by atoms with Crippen molar-refractivity contribution >= 4 is 0 Å². The molecule has 0 saturated carbocycles. The first-order valence-electron chi connectivity index (χ1n) is 5.05. The molecule has 2 atom stereocenters. The lowest BCUT2D eigenvalue weighted by Gasteiger charge is -2.51. The largest absolute Gasteiger partial charge is 0.394 e. The molecule has 0 radical (unpaired) electrons. The zero-order valence-corrected chi connectivity index (χ0v) is 8.32. The summed E-state index contributed by atoms with van der Waals surface area (Å²) in [6.07, 6.45) is 0. The summed E-state index contributed by atoms with van der Waals surface area (Å²) in [4.78, 5) is 2.25. The van der Waals surface area contributed by atoms with Gasteiger partial charge >= 0.3 is 0 Å². The zero-order chi connectivity index (χ0) is 10.0. The number of hydrogen-bond donors (Lipinski definition) is 2. The van der Waals surface area contributed by atoms with E-state index in [1.807, 2.05) is 0 Å². The van der Waals surface area contributed by atoms with Gasteiger partial charge in [0.05, 0.1) is 44.6 Å². The third-order valence-electron chi connectivity index (χ3n) is 3.19. The van der Waals surface area contributed by atoms with Crippen molar-refractivity contribution in [2.75, 3.05) is 46.1 Å². The Labute approximate surface area is 83.8 Å². The van der Waals surface area contributed by atoms with E-state index < -0.39 is 0 Å². The number of aliphatic hydroxyl groups is 1. The van der Waals surface area contributed by atoms with E-state index >= 15 is 0 Å². The number of hydrogen-bond acceptors (Lipinski definition) is 5. The van der Waals surface area contributed by atoms with Crippen LogP contribution in [0, 0.1) is 0 Å². The van der Waals surface area contributed by atoms with Gasteiger partial charge in [-0.2, -0.15) is 0 Å². The number of nitrogens with zero attached hydrogens (tertiary/aromatic N) is 1. The van der Waals surface area contributed by atoms with Crippen LogP contribution in [-0.4, -0.2) is 67.7 Å². The Bertz CT molecular complexity index is 194. The molecule has 2 heterocycles. The predicted octanol–water partition coefficient (Wildman–Crippen LogP) is -1.59. The summed E-state index contributed by atoms with van der Waals surface area (Å²) in [5.74, 6) is 0. The molecule has 0 aromatic heterocycles. The Morgan fingerprint density at radius 1 is 1.43 bits per heavy atom. The first-order chi connectivity index (χ1) is 6.82. The van der Waals surface area contributed by atoms with Crippen molar-refractivity contribution in [2.24, 2.45) is 5.73 Å². The highest BCUT2D eigenvalue weighted by atomic mass is 16.5. The van der Waals surface area contributed by atoms with Gasteiger partial charge in [-0.1, -0.05) is 0 Å². The Kier molecular flexibility index (Phi) is 3.04. The molecular formula is C9H18N2O3. The molecule has 0 amide bonds. The first kappa shape index (κ1) is 10.3. The summed E-state index contributed by atoms with van der Waals surface area (Å²) >= 11 is 0. The van der Waals surface area contributed by atoms with E-state index in [0.717, 1.165) is 13.2 Å². The van der Waals surface area contributed by atoms with Crippen molar-refractivity contribution in [3.63, 3.8) is 0 Å². The lowest BCUT2D eigenvalue weighted by molar-refractivity contribution is -0.163. The molecule has 5 heteroatoms. The standard InChI is InChI=1S/C9H18N2O3/c10-5-9(6-12)7-14-4-8-3-13-2-1-11(8)9/h8,12H,1-7,10H2. The quantitative estimate of drug-likeness (QED) is 0.565. The average molecular weight is 202 g/mol. The second-order valence-electron chi connectivity index (χ2n) is 4.02. The molecular weight excluding hydrogens is 184 g/mol. The number of fused-ring (bicyclic) bond motifs is 1. The van der Waals surface area contributed by atoms with Crippen LogP contribution in [0.3, 0.4) is 0 Å². The summed E-state index contributed by atoms with van der Waals surface area (Å²) in [6.45, 7) is 3.93. The van der Waals surface area contributed by atoms with Gasteiger partial charge in [-0.15, -0.1) is 0 Å². The fraction of sp³-hybridized carbons (Fsp3) is 1.00. The van der Waals surface area contributed by atoms with Crippen molar-refractivity contribution < 1.29 is 14.6 Å². The van der Waals surface area contributed by atoms with E-state index in [1.165, 1.54) is 0 Å². The minimum atomic E-state index is -0.382. The second kappa shape index (κ2) is 4.12. The summed E-state index contributed by atoms with van der Waals surface area (Å²) in [5, 5.41) is 9.44. The van der Waals surface area contributed by atoms with Gasteiger partial charge in [0, 0.05) is 13.1 Å². The molecule has 14 heavy (non-hydrogen) atoms. The Morgan fingerprint density at radius 2 is 2.21 bits per heavy atom. The van der Waals surface area contributed by atoms with Gasteiger partial charge in [-0.25, -0.2) is 0 Å². The highest BCUT2D eigenvalue weighted by Gasteiger charge is 2.44. The van der Waals surface area contributed by atoms with Crippen LogP contribution in [0.5, 0.6) is 0 Å². The van der Waals surface area contributed by atoms with Crippen LogP contribution in [0.15, 0.2) is 0 Å². The highest BCUT2D eigenvalue weighted by molar-refractivity contribution is 4.98. The maximum absolute atomic E-state index is 9.44.